The third kappa shape index (κ3) is 3.08. The molecule has 3 aliphatic carbocycles. The normalized spacial score (nSPS) is 46.9. The van der Waals surface area contributed by atoms with Crippen molar-refractivity contribution in [3.8, 4) is 0 Å². The average Bonchev–Trinajstić information content (AvgIpc) is 3.36. The molecule has 0 aromatic carbocycles. The van der Waals surface area contributed by atoms with Gasteiger partial charge in [0.1, 0.15) is 18.3 Å². The first-order valence-corrected chi connectivity index (χ1v) is 10.8. The van der Waals surface area contributed by atoms with Crippen molar-refractivity contribution in [2.45, 2.75) is 85.2 Å². The molecule has 4 aliphatic rings. The number of allylic oxidation sites excluding steroid dienone is 2. The number of rotatable bonds is 3. The highest BCUT2D eigenvalue weighted by atomic mass is 16.6. The van der Waals surface area contributed by atoms with Gasteiger partial charge in [-0.25, -0.2) is 0 Å². The number of hydrogen-bond donors (Lipinski definition) is 0. The molecule has 5 nitrogen and oxygen atoms in total. The fraction of sp³-hybridized carbons (Fsp3) is 0.750. The third-order valence-corrected chi connectivity index (χ3v) is 8.07. The molecule has 1 aliphatic heterocycles. The first-order valence-electron chi connectivity index (χ1n) is 10.8. The summed E-state index contributed by atoms with van der Waals surface area (Å²) in [5.74, 6) is -0.334. The second-order valence-corrected chi connectivity index (χ2v) is 10.7. The molecule has 8 atom stereocenters. The van der Waals surface area contributed by atoms with Crippen LogP contribution in [-0.4, -0.2) is 36.4 Å². The van der Waals surface area contributed by atoms with E-state index in [0.29, 0.717) is 6.42 Å². The molecule has 0 spiro atoms. The van der Waals surface area contributed by atoms with E-state index in [2.05, 4.69) is 40.3 Å². The van der Waals surface area contributed by atoms with E-state index in [-0.39, 0.29) is 64.4 Å². The Labute approximate surface area is 173 Å². The molecule has 5 heteroatoms. The molecule has 3 fully saturated rings. The van der Waals surface area contributed by atoms with Crippen LogP contribution in [0.1, 0.15) is 60.8 Å². The molecule has 1 saturated heterocycles. The number of hydrogen-bond acceptors (Lipinski definition) is 5. The van der Waals surface area contributed by atoms with Crippen LogP contribution in [0.3, 0.4) is 0 Å². The summed E-state index contributed by atoms with van der Waals surface area (Å²) in [5, 5.41) is 0. The summed E-state index contributed by atoms with van der Waals surface area (Å²) >= 11 is 0. The number of epoxide rings is 1. The lowest BCUT2D eigenvalue weighted by atomic mass is 9.44. The molecule has 4 rings (SSSR count). The van der Waals surface area contributed by atoms with Gasteiger partial charge < -0.3 is 14.2 Å². The van der Waals surface area contributed by atoms with E-state index in [1.54, 1.807) is 0 Å². The van der Waals surface area contributed by atoms with Crippen LogP contribution in [-0.2, 0) is 23.8 Å². The van der Waals surface area contributed by atoms with E-state index in [1.165, 1.54) is 19.4 Å². The van der Waals surface area contributed by atoms with Crippen LogP contribution in [0.4, 0.5) is 0 Å². The molecule has 1 heterocycles. The van der Waals surface area contributed by atoms with Crippen LogP contribution < -0.4 is 0 Å². The maximum atomic E-state index is 12.0. The minimum absolute atomic E-state index is 0.0305. The summed E-state index contributed by atoms with van der Waals surface area (Å²) < 4.78 is 18.1. The minimum Gasteiger partial charge on any atom is -0.462 e. The van der Waals surface area contributed by atoms with E-state index in [1.807, 2.05) is 6.08 Å². The van der Waals surface area contributed by atoms with Crippen molar-refractivity contribution in [3.05, 3.63) is 24.3 Å². The zero-order valence-electron chi connectivity index (χ0n) is 18.5. The molecule has 160 valence electrons. The highest BCUT2D eigenvalue weighted by molar-refractivity contribution is 5.67. The SMILES string of the molecule is C=CC1(C)C=C2C3OC3C3C(C)(C)CCC(OC(C)=O)C3(C)C2C(OC(C)=O)C1. The highest BCUT2D eigenvalue weighted by Gasteiger charge is 2.72. The van der Waals surface area contributed by atoms with E-state index in [9.17, 15) is 9.59 Å². The van der Waals surface area contributed by atoms with Gasteiger partial charge in [0.25, 0.3) is 0 Å². The Morgan fingerprint density at radius 2 is 1.83 bits per heavy atom. The first-order chi connectivity index (χ1) is 13.4. The molecule has 0 N–H and O–H groups in total. The predicted octanol–water partition coefficient (Wildman–Crippen LogP) is 4.21. The standard InChI is InChI=1S/C24H34O5/c1-8-23(6)11-15-18(16(12-23)27-13(2)25)24(7)17(28-14(3)26)9-10-22(4,5)21(24)20-19(15)29-20/h8,11,16-21H,1,9-10,12H2,2-7H3. The van der Waals surface area contributed by atoms with Crippen molar-refractivity contribution in [1.82, 2.24) is 0 Å². The maximum Gasteiger partial charge on any atom is 0.302 e. The lowest BCUT2D eigenvalue weighted by Crippen LogP contribution is -2.63. The van der Waals surface area contributed by atoms with Gasteiger partial charge in [0.15, 0.2) is 0 Å². The lowest BCUT2D eigenvalue weighted by molar-refractivity contribution is -0.196. The van der Waals surface area contributed by atoms with Gasteiger partial charge in [-0.1, -0.05) is 39.8 Å². The molecule has 0 aromatic rings. The van der Waals surface area contributed by atoms with Gasteiger partial charge in [0.05, 0.1) is 6.10 Å². The van der Waals surface area contributed by atoms with Crippen LogP contribution in [0, 0.1) is 28.1 Å². The number of carbonyl (C=O) groups excluding carboxylic acids is 2. The highest BCUT2D eigenvalue weighted by Crippen LogP contribution is 2.69. The van der Waals surface area contributed by atoms with Gasteiger partial charge in [0, 0.05) is 36.5 Å². The fourth-order valence-corrected chi connectivity index (χ4v) is 7.02. The number of esters is 2. The van der Waals surface area contributed by atoms with Crippen molar-refractivity contribution < 1.29 is 23.8 Å². The number of ether oxygens (including phenoxy) is 3. The molecule has 8 unspecified atom stereocenters. The Bertz CT molecular complexity index is 782. The van der Waals surface area contributed by atoms with Crippen molar-refractivity contribution in [3.63, 3.8) is 0 Å². The monoisotopic (exact) mass is 402 g/mol. The third-order valence-electron chi connectivity index (χ3n) is 8.07. The zero-order valence-corrected chi connectivity index (χ0v) is 18.5. The van der Waals surface area contributed by atoms with E-state index < -0.39 is 0 Å². The van der Waals surface area contributed by atoms with Crippen molar-refractivity contribution >= 4 is 11.9 Å². The van der Waals surface area contributed by atoms with Gasteiger partial charge in [-0.15, -0.1) is 6.58 Å². The molecule has 0 radical (unpaired) electrons. The molecule has 0 aromatic heterocycles. The van der Waals surface area contributed by atoms with Gasteiger partial charge in [0.2, 0.25) is 0 Å². The summed E-state index contributed by atoms with van der Waals surface area (Å²) in [6.45, 7) is 15.9. The van der Waals surface area contributed by atoms with Gasteiger partial charge in [-0.3, -0.25) is 9.59 Å². The second-order valence-electron chi connectivity index (χ2n) is 10.7. The van der Waals surface area contributed by atoms with Gasteiger partial charge in [-0.2, -0.15) is 0 Å². The van der Waals surface area contributed by atoms with Crippen molar-refractivity contribution in [1.29, 1.82) is 0 Å². The molecule has 0 amide bonds. The lowest BCUT2D eigenvalue weighted by Gasteiger charge is -2.61. The summed E-state index contributed by atoms with van der Waals surface area (Å²) in [6.07, 6.45) is 6.36. The first kappa shape index (κ1) is 20.6. The van der Waals surface area contributed by atoms with E-state index in [4.69, 9.17) is 14.2 Å². The Kier molecular flexibility index (Phi) is 4.58. The molecule has 2 saturated carbocycles. The smallest absolute Gasteiger partial charge is 0.302 e. The molecular formula is C24H34O5. The predicted molar refractivity (Wildman–Crippen MR) is 109 cm³/mol. The van der Waals surface area contributed by atoms with Gasteiger partial charge in [-0.05, 0) is 30.3 Å². The molecule has 0 bridgehead atoms. The second kappa shape index (κ2) is 6.44. The fourth-order valence-electron chi connectivity index (χ4n) is 7.02. The van der Waals surface area contributed by atoms with Crippen LogP contribution in [0.15, 0.2) is 24.3 Å². The quantitative estimate of drug-likeness (QED) is 0.402. The van der Waals surface area contributed by atoms with Crippen molar-refractivity contribution in [2.24, 2.45) is 28.1 Å². The Hall–Kier alpha value is -1.62. The Morgan fingerprint density at radius 1 is 1.17 bits per heavy atom. The topological polar surface area (TPSA) is 65.1 Å². The van der Waals surface area contributed by atoms with Crippen molar-refractivity contribution in [2.75, 3.05) is 0 Å². The summed E-state index contributed by atoms with van der Waals surface area (Å²) in [5.41, 5.74) is 0.631. The van der Waals surface area contributed by atoms with Crippen LogP contribution in [0.5, 0.6) is 0 Å². The minimum atomic E-state index is -0.362. The van der Waals surface area contributed by atoms with Crippen LogP contribution in [0.2, 0.25) is 0 Å². The maximum absolute atomic E-state index is 12.0. The van der Waals surface area contributed by atoms with E-state index in [0.717, 1.165) is 12.8 Å². The van der Waals surface area contributed by atoms with E-state index >= 15 is 0 Å². The summed E-state index contributed by atoms with van der Waals surface area (Å²) in [6, 6.07) is 0. The van der Waals surface area contributed by atoms with Crippen LogP contribution in [0.25, 0.3) is 0 Å². The number of fused-ring (bicyclic) bond motifs is 6. The summed E-state index contributed by atoms with van der Waals surface area (Å²) in [7, 11) is 0. The largest absolute Gasteiger partial charge is 0.462 e. The van der Waals surface area contributed by atoms with Gasteiger partial charge >= 0.3 is 11.9 Å². The Morgan fingerprint density at radius 3 is 2.41 bits per heavy atom. The Balaban J connectivity index is 1.88. The molecule has 29 heavy (non-hydrogen) atoms. The number of carbonyl (C=O) groups is 2. The molecular weight excluding hydrogens is 368 g/mol. The summed E-state index contributed by atoms with van der Waals surface area (Å²) in [4.78, 5) is 24.0. The average molecular weight is 403 g/mol. The van der Waals surface area contributed by atoms with Crippen LogP contribution >= 0.6 is 0 Å². The zero-order chi connectivity index (χ0) is 21.4.